The summed E-state index contributed by atoms with van der Waals surface area (Å²) in [6.07, 6.45) is 2.49. The third kappa shape index (κ3) is 6.66. The van der Waals surface area contributed by atoms with Crippen LogP contribution in [0.25, 0.3) is 10.9 Å². The summed E-state index contributed by atoms with van der Waals surface area (Å²) < 4.78 is 25.9. The number of hydrogen-bond acceptors (Lipinski definition) is 6. The molecule has 0 saturated carbocycles. The van der Waals surface area contributed by atoms with E-state index < -0.39 is 16.0 Å². The molecule has 0 radical (unpaired) electrons. The number of pyridine rings is 1. The first-order chi connectivity index (χ1) is 12.8. The highest BCUT2D eigenvalue weighted by Gasteiger charge is 2.04. The van der Waals surface area contributed by atoms with E-state index in [9.17, 15) is 13.2 Å². The Balaban J connectivity index is 0.000000465. The molecule has 2 aromatic carbocycles. The summed E-state index contributed by atoms with van der Waals surface area (Å²) >= 11 is 0. The maximum Gasteiger partial charge on any atom is 0.274 e. The highest BCUT2D eigenvalue weighted by molar-refractivity contribution is 7.85. The van der Waals surface area contributed by atoms with Crippen molar-refractivity contribution in [3.05, 3.63) is 71.9 Å². The Morgan fingerprint density at radius 3 is 2.33 bits per heavy atom. The Hall–Kier alpha value is -3.01. The first-order valence-corrected chi connectivity index (χ1v) is 9.66. The Labute approximate surface area is 156 Å². The fourth-order valence-electron chi connectivity index (χ4n) is 2.28. The van der Waals surface area contributed by atoms with Gasteiger partial charge in [-0.25, -0.2) is 5.48 Å². The van der Waals surface area contributed by atoms with Gasteiger partial charge in [0.25, 0.3) is 16.0 Å². The summed E-state index contributed by atoms with van der Waals surface area (Å²) in [6, 6.07) is 17.0. The molecule has 142 valence electrons. The fraction of sp³-hybridized carbons (Fsp3) is 0.111. The van der Waals surface area contributed by atoms with Crippen LogP contribution in [-0.4, -0.2) is 35.3 Å². The van der Waals surface area contributed by atoms with Crippen LogP contribution in [0.3, 0.4) is 0 Å². The van der Waals surface area contributed by atoms with E-state index in [0.29, 0.717) is 18.4 Å². The summed E-state index contributed by atoms with van der Waals surface area (Å²) in [7, 11) is -3.67. The zero-order valence-electron chi connectivity index (χ0n) is 14.5. The van der Waals surface area contributed by atoms with Gasteiger partial charge in [0, 0.05) is 23.7 Å². The van der Waals surface area contributed by atoms with Gasteiger partial charge in [-0.2, -0.15) is 8.42 Å². The molecule has 1 heterocycles. The molecule has 0 spiro atoms. The predicted octanol–water partition coefficient (Wildman–Crippen LogP) is 2.47. The second-order valence-electron chi connectivity index (χ2n) is 5.61. The van der Waals surface area contributed by atoms with Crippen molar-refractivity contribution < 1.29 is 23.0 Å². The second-order valence-corrected chi connectivity index (χ2v) is 7.07. The third-order valence-electron chi connectivity index (χ3n) is 3.43. The Morgan fingerprint density at radius 2 is 1.70 bits per heavy atom. The smallest absolute Gasteiger partial charge is 0.274 e. The average molecular weight is 389 g/mol. The Kier molecular flexibility index (Phi) is 6.83. The van der Waals surface area contributed by atoms with E-state index in [1.165, 1.54) is 0 Å². The molecule has 27 heavy (non-hydrogen) atoms. The van der Waals surface area contributed by atoms with Crippen molar-refractivity contribution in [2.75, 3.05) is 11.6 Å². The van der Waals surface area contributed by atoms with Crippen molar-refractivity contribution in [2.24, 2.45) is 0 Å². The van der Waals surface area contributed by atoms with Gasteiger partial charge in [0.05, 0.1) is 17.5 Å². The summed E-state index contributed by atoms with van der Waals surface area (Å²) in [6.45, 7) is 0.622. The molecule has 0 saturated heterocycles. The monoisotopic (exact) mass is 389 g/mol. The molecule has 0 aliphatic heterocycles. The number of nitrogens with one attached hydrogen (secondary N) is 2. The standard InChI is InChI=1S/C17H15N3O2.CH4O3S/c21-17(20-22)14-8-6-12(7-9-14)11-19-15-5-1-3-13-4-2-10-18-16(13)15;1-5(2,3)4/h1-10,19,22H,11H2,(H,20,21);1H3,(H,2,3,4). The van der Waals surface area contributed by atoms with Crippen LogP contribution in [-0.2, 0) is 16.7 Å². The number of carbonyl (C=O) groups is 1. The van der Waals surface area contributed by atoms with Crippen LogP contribution in [0.5, 0.6) is 0 Å². The summed E-state index contributed by atoms with van der Waals surface area (Å²) in [5.41, 5.74) is 4.96. The number of nitrogens with zero attached hydrogens (tertiary/aromatic N) is 1. The molecule has 0 atom stereocenters. The molecule has 8 nitrogen and oxygen atoms in total. The van der Waals surface area contributed by atoms with Crippen LogP contribution in [0.2, 0.25) is 0 Å². The fourth-order valence-corrected chi connectivity index (χ4v) is 2.28. The molecule has 0 fully saturated rings. The molecule has 1 amide bonds. The lowest BCUT2D eigenvalue weighted by Crippen LogP contribution is -2.18. The molecule has 3 rings (SSSR count). The summed E-state index contributed by atoms with van der Waals surface area (Å²) in [4.78, 5) is 15.7. The number of anilines is 1. The third-order valence-corrected chi connectivity index (χ3v) is 3.43. The second kappa shape index (κ2) is 9.08. The van der Waals surface area contributed by atoms with E-state index >= 15 is 0 Å². The van der Waals surface area contributed by atoms with Gasteiger partial charge < -0.3 is 5.32 Å². The van der Waals surface area contributed by atoms with E-state index in [1.807, 2.05) is 42.5 Å². The van der Waals surface area contributed by atoms with Crippen LogP contribution in [0, 0.1) is 0 Å². The number of carbonyl (C=O) groups excluding carboxylic acids is 1. The lowest BCUT2D eigenvalue weighted by atomic mass is 10.1. The summed E-state index contributed by atoms with van der Waals surface area (Å²) in [5.74, 6) is -0.516. The van der Waals surface area contributed by atoms with Gasteiger partial charge in [0.1, 0.15) is 0 Å². The van der Waals surface area contributed by atoms with E-state index in [0.717, 1.165) is 22.2 Å². The topological polar surface area (TPSA) is 129 Å². The molecule has 4 N–H and O–H groups in total. The lowest BCUT2D eigenvalue weighted by Gasteiger charge is -2.09. The molecule has 0 aliphatic carbocycles. The van der Waals surface area contributed by atoms with Gasteiger partial charge in [-0.3, -0.25) is 19.5 Å². The van der Waals surface area contributed by atoms with Gasteiger partial charge in [-0.1, -0.05) is 30.3 Å². The van der Waals surface area contributed by atoms with E-state index in [4.69, 9.17) is 9.76 Å². The van der Waals surface area contributed by atoms with Gasteiger partial charge in [-0.05, 0) is 29.8 Å². The van der Waals surface area contributed by atoms with Gasteiger partial charge >= 0.3 is 0 Å². The Morgan fingerprint density at radius 1 is 1.07 bits per heavy atom. The predicted molar refractivity (Wildman–Crippen MR) is 102 cm³/mol. The minimum absolute atomic E-state index is 0.415. The van der Waals surface area contributed by atoms with Gasteiger partial charge in [0.2, 0.25) is 0 Å². The van der Waals surface area contributed by atoms with Crippen LogP contribution in [0.15, 0.2) is 60.8 Å². The van der Waals surface area contributed by atoms with E-state index in [-0.39, 0.29) is 0 Å². The Bertz CT molecular complexity index is 1010. The van der Waals surface area contributed by atoms with Gasteiger partial charge in [0.15, 0.2) is 0 Å². The SMILES string of the molecule is CS(=O)(=O)O.O=C(NO)c1ccc(CNc2cccc3cccnc23)cc1. The zero-order chi connectivity index (χ0) is 19.9. The maximum absolute atomic E-state index is 11.3. The van der Waals surface area contributed by atoms with Crippen molar-refractivity contribution in [3.8, 4) is 0 Å². The van der Waals surface area contributed by atoms with Crippen molar-refractivity contribution >= 4 is 32.6 Å². The molecule has 3 aromatic rings. The molecule has 9 heteroatoms. The van der Waals surface area contributed by atoms with Crippen molar-refractivity contribution in [1.29, 1.82) is 0 Å². The number of amides is 1. The minimum Gasteiger partial charge on any atom is -0.379 e. The zero-order valence-corrected chi connectivity index (χ0v) is 15.3. The summed E-state index contributed by atoms with van der Waals surface area (Å²) in [5, 5.41) is 13.0. The van der Waals surface area contributed by atoms with E-state index in [1.54, 1.807) is 23.8 Å². The molecular formula is C18H19N3O5S. The minimum atomic E-state index is -3.67. The number of rotatable bonds is 4. The molecule has 0 bridgehead atoms. The number of fused-ring (bicyclic) bond motifs is 1. The largest absolute Gasteiger partial charge is 0.379 e. The number of benzene rings is 2. The molecule has 1 aromatic heterocycles. The number of para-hydroxylation sites is 1. The highest BCUT2D eigenvalue weighted by Crippen LogP contribution is 2.21. The number of hydroxylamine groups is 1. The van der Waals surface area contributed by atoms with Gasteiger partial charge in [-0.15, -0.1) is 0 Å². The van der Waals surface area contributed by atoms with Crippen molar-refractivity contribution in [3.63, 3.8) is 0 Å². The number of hydrogen-bond donors (Lipinski definition) is 4. The lowest BCUT2D eigenvalue weighted by molar-refractivity contribution is 0.0706. The quantitative estimate of drug-likeness (QED) is 0.306. The molecular weight excluding hydrogens is 370 g/mol. The average Bonchev–Trinajstić information content (AvgIpc) is 2.65. The van der Waals surface area contributed by atoms with Crippen LogP contribution >= 0.6 is 0 Å². The first kappa shape index (κ1) is 20.3. The van der Waals surface area contributed by atoms with Crippen molar-refractivity contribution in [1.82, 2.24) is 10.5 Å². The normalized spacial score (nSPS) is 10.6. The first-order valence-electron chi connectivity index (χ1n) is 7.81. The molecule has 0 unspecified atom stereocenters. The maximum atomic E-state index is 11.3. The molecule has 0 aliphatic rings. The number of aromatic nitrogens is 1. The highest BCUT2D eigenvalue weighted by atomic mass is 32.2. The van der Waals surface area contributed by atoms with Crippen LogP contribution < -0.4 is 10.8 Å². The van der Waals surface area contributed by atoms with Crippen LogP contribution in [0.4, 0.5) is 5.69 Å². The van der Waals surface area contributed by atoms with Crippen LogP contribution in [0.1, 0.15) is 15.9 Å². The van der Waals surface area contributed by atoms with E-state index in [2.05, 4.69) is 10.3 Å². The van der Waals surface area contributed by atoms with Crippen molar-refractivity contribution in [2.45, 2.75) is 6.54 Å².